The number of carboxylic acid groups (broad SMARTS) is 1. The number of hydrogen-bond acceptors (Lipinski definition) is 4. The Kier molecular flexibility index (Phi) is 4.03. The van der Waals surface area contributed by atoms with Crippen molar-refractivity contribution < 1.29 is 19.4 Å². The number of hydrogen-bond donors (Lipinski definition) is 1. The van der Waals surface area contributed by atoms with Crippen molar-refractivity contribution >= 4 is 12.0 Å². The molecule has 3 aliphatic heterocycles. The Morgan fingerprint density at radius 3 is 2.41 bits per heavy atom. The van der Waals surface area contributed by atoms with Gasteiger partial charge in [-0.05, 0) is 12.8 Å². The molecule has 0 radical (unpaired) electrons. The van der Waals surface area contributed by atoms with Crippen LogP contribution in [-0.4, -0.2) is 91.3 Å². The van der Waals surface area contributed by atoms with Crippen LogP contribution in [0.3, 0.4) is 0 Å². The number of carbonyl (C=O) groups excluding carboxylic acids is 1. The van der Waals surface area contributed by atoms with Gasteiger partial charge in [0.05, 0.1) is 0 Å². The molecule has 0 aromatic rings. The maximum Gasteiger partial charge on any atom is 0.319 e. The van der Waals surface area contributed by atoms with Gasteiger partial charge in [0, 0.05) is 65.4 Å². The molecular formula is C15H25N3O4. The van der Waals surface area contributed by atoms with E-state index in [1.165, 1.54) is 4.90 Å². The van der Waals surface area contributed by atoms with E-state index in [2.05, 4.69) is 4.90 Å². The van der Waals surface area contributed by atoms with Gasteiger partial charge in [0.1, 0.15) is 5.41 Å². The van der Waals surface area contributed by atoms with Gasteiger partial charge >= 0.3 is 12.0 Å². The summed E-state index contributed by atoms with van der Waals surface area (Å²) < 4.78 is 5.40. The molecule has 0 spiro atoms. The Morgan fingerprint density at radius 1 is 1.18 bits per heavy atom. The fraction of sp³-hybridized carbons (Fsp3) is 0.867. The second-order valence-electron chi connectivity index (χ2n) is 6.99. The third-order valence-corrected chi connectivity index (χ3v) is 5.42. The molecular weight excluding hydrogens is 286 g/mol. The first-order chi connectivity index (χ1) is 10.4. The van der Waals surface area contributed by atoms with E-state index in [0.29, 0.717) is 25.7 Å². The average molecular weight is 311 g/mol. The summed E-state index contributed by atoms with van der Waals surface area (Å²) in [5, 5.41) is 9.83. The predicted molar refractivity (Wildman–Crippen MR) is 79.6 cm³/mol. The first-order valence-electron chi connectivity index (χ1n) is 7.95. The molecule has 3 rings (SSSR count). The molecule has 0 bridgehead atoms. The standard InChI is InChI=1S/C15H25N3O4/c1-16(2)14(21)18-8-11-7-17(12-3-5-22-6-4-12)9-15(11,10-18)13(19)20/h11-12H,3-10H2,1-2H3,(H,19,20)/t11-,15-/m0/s1. The van der Waals surface area contributed by atoms with Crippen LogP contribution in [0.2, 0.25) is 0 Å². The summed E-state index contributed by atoms with van der Waals surface area (Å²) in [6.07, 6.45) is 1.95. The van der Waals surface area contributed by atoms with Crippen molar-refractivity contribution in [3.05, 3.63) is 0 Å². The highest BCUT2D eigenvalue weighted by molar-refractivity contribution is 5.80. The highest BCUT2D eigenvalue weighted by Crippen LogP contribution is 2.44. The van der Waals surface area contributed by atoms with Crippen LogP contribution in [0.1, 0.15) is 12.8 Å². The zero-order valence-electron chi connectivity index (χ0n) is 13.3. The fourth-order valence-corrected chi connectivity index (χ4v) is 4.16. The van der Waals surface area contributed by atoms with Crippen LogP contribution in [0.15, 0.2) is 0 Å². The quantitative estimate of drug-likeness (QED) is 0.787. The highest BCUT2D eigenvalue weighted by Gasteiger charge is 2.59. The Bertz CT molecular complexity index is 464. The van der Waals surface area contributed by atoms with Crippen LogP contribution in [-0.2, 0) is 9.53 Å². The number of amides is 2. The molecule has 3 aliphatic rings. The number of urea groups is 1. The van der Waals surface area contributed by atoms with Gasteiger partial charge in [0.25, 0.3) is 0 Å². The third-order valence-electron chi connectivity index (χ3n) is 5.42. The molecule has 0 unspecified atom stereocenters. The molecule has 7 heteroatoms. The third kappa shape index (κ3) is 2.46. The van der Waals surface area contributed by atoms with Gasteiger partial charge in [-0.2, -0.15) is 0 Å². The number of rotatable bonds is 2. The monoisotopic (exact) mass is 311 g/mol. The van der Waals surface area contributed by atoms with Crippen molar-refractivity contribution in [3.63, 3.8) is 0 Å². The fourth-order valence-electron chi connectivity index (χ4n) is 4.16. The molecule has 1 N–H and O–H groups in total. The van der Waals surface area contributed by atoms with E-state index in [1.807, 2.05) is 0 Å². The van der Waals surface area contributed by atoms with Gasteiger partial charge in [-0.3, -0.25) is 9.69 Å². The summed E-state index contributed by atoms with van der Waals surface area (Å²) in [7, 11) is 3.41. The van der Waals surface area contributed by atoms with E-state index < -0.39 is 11.4 Å². The maximum absolute atomic E-state index is 12.2. The molecule has 2 atom stereocenters. The summed E-state index contributed by atoms with van der Waals surface area (Å²) in [6.45, 7) is 3.71. The van der Waals surface area contributed by atoms with Crippen LogP contribution >= 0.6 is 0 Å². The first-order valence-corrected chi connectivity index (χ1v) is 7.95. The molecule has 0 saturated carbocycles. The van der Waals surface area contributed by atoms with Gasteiger partial charge in [-0.1, -0.05) is 0 Å². The lowest BCUT2D eigenvalue weighted by atomic mass is 9.81. The van der Waals surface area contributed by atoms with Crippen molar-refractivity contribution in [2.75, 3.05) is 53.5 Å². The Hall–Kier alpha value is -1.34. The van der Waals surface area contributed by atoms with E-state index in [1.54, 1.807) is 19.0 Å². The van der Waals surface area contributed by atoms with E-state index in [-0.39, 0.29) is 11.9 Å². The minimum atomic E-state index is -0.802. The number of aliphatic carboxylic acids is 1. The largest absolute Gasteiger partial charge is 0.481 e. The van der Waals surface area contributed by atoms with Gasteiger partial charge in [-0.25, -0.2) is 4.79 Å². The number of fused-ring (bicyclic) bond motifs is 1. The number of carbonyl (C=O) groups is 2. The second kappa shape index (κ2) is 5.70. The van der Waals surface area contributed by atoms with Crippen molar-refractivity contribution in [1.29, 1.82) is 0 Å². The topological polar surface area (TPSA) is 73.3 Å². The smallest absolute Gasteiger partial charge is 0.319 e. The highest BCUT2D eigenvalue weighted by atomic mass is 16.5. The Morgan fingerprint density at radius 2 is 1.86 bits per heavy atom. The average Bonchev–Trinajstić information content (AvgIpc) is 3.02. The second-order valence-corrected chi connectivity index (χ2v) is 6.99. The summed E-state index contributed by atoms with van der Waals surface area (Å²) in [6, 6.07) is 0.334. The lowest BCUT2D eigenvalue weighted by molar-refractivity contribution is -0.148. The van der Waals surface area contributed by atoms with Crippen molar-refractivity contribution in [1.82, 2.24) is 14.7 Å². The molecule has 2 amide bonds. The Balaban J connectivity index is 1.74. The summed E-state index contributed by atoms with van der Waals surface area (Å²) in [5.41, 5.74) is -0.802. The van der Waals surface area contributed by atoms with Gasteiger partial charge in [0.2, 0.25) is 0 Å². The molecule has 3 fully saturated rings. The van der Waals surface area contributed by atoms with Crippen molar-refractivity contribution in [3.8, 4) is 0 Å². The summed E-state index contributed by atoms with van der Waals surface area (Å²) in [5.74, 6) is -0.738. The zero-order chi connectivity index (χ0) is 15.9. The molecule has 0 aliphatic carbocycles. The van der Waals surface area contributed by atoms with Crippen LogP contribution in [0.4, 0.5) is 4.79 Å². The minimum Gasteiger partial charge on any atom is -0.481 e. The first kappa shape index (κ1) is 15.6. The summed E-state index contributed by atoms with van der Waals surface area (Å²) in [4.78, 5) is 29.7. The van der Waals surface area contributed by atoms with E-state index in [9.17, 15) is 14.7 Å². The van der Waals surface area contributed by atoms with Gasteiger partial charge in [-0.15, -0.1) is 0 Å². The maximum atomic E-state index is 12.2. The van der Waals surface area contributed by atoms with Crippen molar-refractivity contribution in [2.45, 2.75) is 18.9 Å². The summed E-state index contributed by atoms with van der Waals surface area (Å²) >= 11 is 0. The molecule has 124 valence electrons. The molecule has 3 saturated heterocycles. The SMILES string of the molecule is CN(C)C(=O)N1C[C@@H]2CN(C3CCOCC3)C[C@]2(C(=O)O)C1. The number of nitrogens with zero attached hydrogens (tertiary/aromatic N) is 3. The number of ether oxygens (including phenoxy) is 1. The van der Waals surface area contributed by atoms with Crippen molar-refractivity contribution in [2.24, 2.45) is 11.3 Å². The predicted octanol–water partition coefficient (Wildman–Crippen LogP) is 0.165. The van der Waals surface area contributed by atoms with Gasteiger partial charge < -0.3 is 19.6 Å². The molecule has 3 heterocycles. The lowest BCUT2D eigenvalue weighted by Gasteiger charge is -2.33. The van der Waals surface area contributed by atoms with Crippen LogP contribution in [0.5, 0.6) is 0 Å². The molecule has 0 aromatic heterocycles. The minimum absolute atomic E-state index is 0.0248. The van der Waals surface area contributed by atoms with Crippen LogP contribution in [0.25, 0.3) is 0 Å². The Labute approximate surface area is 130 Å². The molecule has 7 nitrogen and oxygen atoms in total. The number of likely N-dealkylation sites (tertiary alicyclic amines) is 2. The van der Waals surface area contributed by atoms with Crippen LogP contribution in [0, 0.1) is 11.3 Å². The normalized spacial score (nSPS) is 33.0. The lowest BCUT2D eigenvalue weighted by Crippen LogP contribution is -2.46. The molecule has 0 aromatic carbocycles. The number of carboxylic acids is 1. The zero-order valence-corrected chi connectivity index (χ0v) is 13.3. The van der Waals surface area contributed by atoms with Gasteiger partial charge in [0.15, 0.2) is 0 Å². The van der Waals surface area contributed by atoms with E-state index in [0.717, 1.165) is 32.6 Å². The van der Waals surface area contributed by atoms with E-state index in [4.69, 9.17) is 4.74 Å². The molecule has 22 heavy (non-hydrogen) atoms. The van der Waals surface area contributed by atoms with Crippen LogP contribution < -0.4 is 0 Å². The van der Waals surface area contributed by atoms with E-state index >= 15 is 0 Å².